The number of amides is 1. The number of thiophene rings is 1. The van der Waals surface area contributed by atoms with Crippen molar-refractivity contribution in [2.24, 2.45) is 0 Å². The number of sulfonamides is 1. The first-order chi connectivity index (χ1) is 16.5. The van der Waals surface area contributed by atoms with Gasteiger partial charge in [-0.15, -0.1) is 11.3 Å². The Morgan fingerprint density at radius 3 is 1.91 bits per heavy atom. The lowest BCUT2D eigenvalue weighted by molar-refractivity contribution is 0.0793. The second-order valence-electron chi connectivity index (χ2n) is 8.82. The van der Waals surface area contributed by atoms with Crippen molar-refractivity contribution in [1.29, 1.82) is 0 Å². The first-order valence-electron chi connectivity index (χ1n) is 11.8. The molecule has 2 saturated heterocycles. The molecule has 1 aromatic heterocycles. The van der Waals surface area contributed by atoms with Crippen LogP contribution in [0.15, 0.2) is 76.3 Å². The molecule has 2 aliphatic rings. The van der Waals surface area contributed by atoms with Crippen LogP contribution in [0.2, 0.25) is 0 Å². The third kappa shape index (κ3) is 4.68. The van der Waals surface area contributed by atoms with Crippen LogP contribution in [-0.2, 0) is 10.0 Å². The number of rotatable bonds is 6. The van der Waals surface area contributed by atoms with Crippen molar-refractivity contribution in [3.8, 4) is 0 Å². The molecule has 5 rings (SSSR count). The second-order valence-corrected chi connectivity index (χ2v) is 11.9. The van der Waals surface area contributed by atoms with Crippen molar-refractivity contribution < 1.29 is 13.2 Å². The van der Waals surface area contributed by atoms with E-state index < -0.39 is 10.0 Å². The minimum Gasteiger partial charge on any atom is -0.339 e. The number of benzene rings is 2. The van der Waals surface area contributed by atoms with Crippen molar-refractivity contribution in [3.05, 3.63) is 88.8 Å². The topological polar surface area (TPSA) is 60.9 Å². The van der Waals surface area contributed by atoms with Gasteiger partial charge in [-0.3, -0.25) is 9.69 Å². The molecule has 2 aromatic carbocycles. The zero-order chi connectivity index (χ0) is 23.5. The first-order valence-corrected chi connectivity index (χ1v) is 14.1. The predicted molar refractivity (Wildman–Crippen MR) is 135 cm³/mol. The van der Waals surface area contributed by atoms with Gasteiger partial charge in [0.1, 0.15) is 4.21 Å². The van der Waals surface area contributed by atoms with E-state index in [1.165, 1.54) is 11.1 Å². The fourth-order valence-corrected chi connectivity index (χ4v) is 7.61. The number of carbonyl (C=O) groups is 1. The van der Waals surface area contributed by atoms with Gasteiger partial charge in [-0.25, -0.2) is 8.42 Å². The number of likely N-dealkylation sites (tertiary alicyclic amines) is 1. The van der Waals surface area contributed by atoms with Crippen molar-refractivity contribution in [1.82, 2.24) is 14.1 Å². The zero-order valence-corrected chi connectivity index (χ0v) is 20.7. The van der Waals surface area contributed by atoms with E-state index in [9.17, 15) is 13.2 Å². The van der Waals surface area contributed by atoms with E-state index in [0.717, 1.165) is 37.3 Å². The zero-order valence-electron chi connectivity index (χ0n) is 19.0. The van der Waals surface area contributed by atoms with Crippen molar-refractivity contribution in [2.45, 2.75) is 23.1 Å². The number of carbonyl (C=O) groups excluding carboxylic acids is 1. The van der Waals surface area contributed by atoms with Gasteiger partial charge < -0.3 is 4.90 Å². The summed E-state index contributed by atoms with van der Waals surface area (Å²) in [5.41, 5.74) is 2.89. The molecule has 2 aliphatic heterocycles. The Bertz CT molecular complexity index is 1170. The quantitative estimate of drug-likeness (QED) is 0.517. The Balaban J connectivity index is 1.31. The Hall–Kier alpha value is -2.52. The normalized spacial score (nSPS) is 18.0. The first kappa shape index (κ1) is 23.2. The highest BCUT2D eigenvalue weighted by atomic mass is 32.2. The average molecular weight is 496 g/mol. The van der Waals surface area contributed by atoms with E-state index in [1.807, 2.05) is 41.3 Å². The van der Waals surface area contributed by atoms with E-state index >= 15 is 0 Å². The largest absolute Gasteiger partial charge is 0.339 e. The van der Waals surface area contributed by atoms with Gasteiger partial charge in [0.15, 0.2) is 0 Å². The fourth-order valence-electron chi connectivity index (χ4n) is 4.88. The lowest BCUT2D eigenvalue weighted by Crippen LogP contribution is -2.49. The maximum Gasteiger partial charge on any atom is 0.254 e. The van der Waals surface area contributed by atoms with Crippen LogP contribution in [0.5, 0.6) is 0 Å². The van der Waals surface area contributed by atoms with Crippen LogP contribution < -0.4 is 0 Å². The third-order valence-corrected chi connectivity index (χ3v) is 9.99. The molecule has 3 heterocycles. The van der Waals surface area contributed by atoms with Gasteiger partial charge in [0.05, 0.1) is 11.6 Å². The van der Waals surface area contributed by atoms with Gasteiger partial charge in [-0.2, -0.15) is 4.31 Å². The summed E-state index contributed by atoms with van der Waals surface area (Å²) in [5, 5.41) is 1.69. The van der Waals surface area contributed by atoms with Crippen LogP contribution in [0.1, 0.15) is 40.4 Å². The maximum atomic E-state index is 13.4. The highest BCUT2D eigenvalue weighted by molar-refractivity contribution is 7.91. The maximum absolute atomic E-state index is 13.4. The van der Waals surface area contributed by atoms with Crippen LogP contribution >= 0.6 is 11.3 Å². The number of piperazine rings is 1. The summed E-state index contributed by atoms with van der Waals surface area (Å²) in [7, 11) is -3.62. The van der Waals surface area contributed by atoms with Gasteiger partial charge in [0.25, 0.3) is 15.9 Å². The van der Waals surface area contributed by atoms with E-state index in [4.69, 9.17) is 0 Å². The molecular formula is C26H29N3O3S2. The molecule has 0 N–H and O–H groups in total. The van der Waals surface area contributed by atoms with Crippen LogP contribution in [0.4, 0.5) is 0 Å². The lowest BCUT2D eigenvalue weighted by atomic mass is 9.96. The summed E-state index contributed by atoms with van der Waals surface area (Å²) in [6.07, 6.45) is 2.02. The highest BCUT2D eigenvalue weighted by Crippen LogP contribution is 2.31. The number of nitrogens with zero attached hydrogens (tertiary/aromatic N) is 3. The summed E-state index contributed by atoms with van der Waals surface area (Å²) in [4.78, 5) is 16.8. The molecule has 0 bridgehead atoms. The van der Waals surface area contributed by atoms with Crippen molar-refractivity contribution >= 4 is 27.3 Å². The standard InChI is InChI=1S/C26H29N3O3S2/c30-26(28-13-7-8-14-28)23-19-24(33-20-23)34(31,32)29-17-15-27(16-18-29)25(21-9-3-1-4-10-21)22-11-5-2-6-12-22/h1-6,9-12,19-20,25H,7-8,13-18H2. The minimum atomic E-state index is -3.62. The van der Waals surface area contributed by atoms with E-state index in [0.29, 0.717) is 31.7 Å². The SMILES string of the molecule is O=C(c1csc(S(=O)(=O)N2CCN(C(c3ccccc3)c3ccccc3)CC2)c1)N1CCCC1. The van der Waals surface area contributed by atoms with Gasteiger partial charge in [-0.1, -0.05) is 60.7 Å². The van der Waals surface area contributed by atoms with Crippen molar-refractivity contribution in [3.63, 3.8) is 0 Å². The van der Waals surface area contributed by atoms with Crippen LogP contribution in [0.3, 0.4) is 0 Å². The molecular weight excluding hydrogens is 466 g/mol. The van der Waals surface area contributed by atoms with Crippen LogP contribution in [0, 0.1) is 0 Å². The molecule has 0 aliphatic carbocycles. The number of hydrogen-bond donors (Lipinski definition) is 0. The van der Waals surface area contributed by atoms with Crippen LogP contribution in [-0.4, -0.2) is 67.7 Å². The summed E-state index contributed by atoms with van der Waals surface area (Å²) in [6.45, 7) is 3.63. The Morgan fingerprint density at radius 2 is 1.35 bits per heavy atom. The molecule has 34 heavy (non-hydrogen) atoms. The summed E-state index contributed by atoms with van der Waals surface area (Å²) in [5.74, 6) is -0.0615. The van der Waals surface area contributed by atoms with Gasteiger partial charge >= 0.3 is 0 Å². The molecule has 2 fully saturated rings. The molecule has 0 atom stereocenters. The molecule has 0 radical (unpaired) electrons. The van der Waals surface area contributed by atoms with Gasteiger partial charge in [0, 0.05) is 44.6 Å². The monoisotopic (exact) mass is 495 g/mol. The van der Waals surface area contributed by atoms with Crippen LogP contribution in [0.25, 0.3) is 0 Å². The Labute approximate surface area is 205 Å². The van der Waals surface area contributed by atoms with Gasteiger partial charge in [0.2, 0.25) is 0 Å². The molecule has 8 heteroatoms. The second kappa shape index (κ2) is 10.00. The third-order valence-electron chi connectivity index (χ3n) is 6.68. The van der Waals surface area contributed by atoms with Crippen molar-refractivity contribution in [2.75, 3.05) is 39.3 Å². The molecule has 0 unspecified atom stereocenters. The Morgan fingerprint density at radius 1 is 0.794 bits per heavy atom. The fraction of sp³-hybridized carbons (Fsp3) is 0.346. The molecule has 1 amide bonds. The molecule has 3 aromatic rings. The molecule has 6 nitrogen and oxygen atoms in total. The van der Waals surface area contributed by atoms with E-state index in [2.05, 4.69) is 29.2 Å². The molecule has 0 saturated carbocycles. The molecule has 178 valence electrons. The van der Waals surface area contributed by atoms with Gasteiger partial charge in [-0.05, 0) is 30.0 Å². The lowest BCUT2D eigenvalue weighted by Gasteiger charge is -2.39. The summed E-state index contributed by atoms with van der Waals surface area (Å²) >= 11 is 1.15. The smallest absolute Gasteiger partial charge is 0.254 e. The minimum absolute atomic E-state index is 0.0615. The summed E-state index contributed by atoms with van der Waals surface area (Å²) in [6, 6.07) is 22.4. The van der Waals surface area contributed by atoms with E-state index in [1.54, 1.807) is 15.8 Å². The Kier molecular flexibility index (Phi) is 6.83. The predicted octanol–water partition coefficient (Wildman–Crippen LogP) is 4.08. The van der Waals surface area contributed by atoms with E-state index in [-0.39, 0.29) is 16.2 Å². The summed E-state index contributed by atoms with van der Waals surface area (Å²) < 4.78 is 28.5. The molecule has 0 spiro atoms. The average Bonchev–Trinajstić information content (AvgIpc) is 3.59. The number of hydrogen-bond acceptors (Lipinski definition) is 5. The highest BCUT2D eigenvalue weighted by Gasteiger charge is 2.33.